The second-order valence-corrected chi connectivity index (χ2v) is 4.75. The first-order chi connectivity index (χ1) is 9.15. The summed E-state index contributed by atoms with van der Waals surface area (Å²) in [5.74, 6) is -1.38. The largest absolute Gasteiger partial charge is 0.481 e. The van der Waals surface area contributed by atoms with E-state index >= 15 is 0 Å². The summed E-state index contributed by atoms with van der Waals surface area (Å²) in [5, 5.41) is 9.44. The van der Waals surface area contributed by atoms with Crippen LogP contribution in [-0.4, -0.2) is 33.4 Å². The molecule has 1 aliphatic rings. The van der Waals surface area contributed by atoms with Gasteiger partial charge in [0, 0.05) is 25.4 Å². The Labute approximate surface area is 112 Å². The van der Waals surface area contributed by atoms with Crippen molar-refractivity contribution in [3.63, 3.8) is 0 Å². The first kappa shape index (κ1) is 13.5. The van der Waals surface area contributed by atoms with Crippen LogP contribution < -0.4 is 0 Å². The predicted molar refractivity (Wildman–Crippen MR) is 69.3 cm³/mol. The average Bonchev–Trinajstić information content (AvgIpc) is 2.58. The predicted octanol–water partition coefficient (Wildman–Crippen LogP) is 1.86. The smallest absolute Gasteiger partial charge is 0.308 e. The van der Waals surface area contributed by atoms with Crippen LogP contribution in [0.1, 0.15) is 37.8 Å². The lowest BCUT2D eigenvalue weighted by Crippen LogP contribution is -2.38. The fourth-order valence-electron chi connectivity index (χ4n) is 2.74. The molecule has 5 nitrogen and oxygen atoms in total. The summed E-state index contributed by atoms with van der Waals surface area (Å²) < 4.78 is 0. The van der Waals surface area contributed by atoms with Crippen LogP contribution in [0.3, 0.4) is 0 Å². The number of likely N-dealkylation sites (tertiary alicyclic amines) is 1. The van der Waals surface area contributed by atoms with Crippen molar-refractivity contribution in [3.05, 3.63) is 30.1 Å². The van der Waals surface area contributed by atoms with Gasteiger partial charge in [0.1, 0.15) is 0 Å². The number of carbonyl (C=O) groups is 2. The molecule has 0 spiro atoms. The van der Waals surface area contributed by atoms with Gasteiger partial charge in [-0.25, -0.2) is 0 Å². The number of nitrogens with zero attached hydrogens (tertiary/aromatic N) is 2. The SMILES string of the molecule is CCN1C(=O)CCCC(C(=O)O)C1c1cccnc1. The molecule has 2 atom stereocenters. The maximum Gasteiger partial charge on any atom is 0.308 e. The summed E-state index contributed by atoms with van der Waals surface area (Å²) in [5.41, 5.74) is 0.798. The number of hydrogen-bond donors (Lipinski definition) is 1. The molecule has 0 radical (unpaired) electrons. The Hall–Kier alpha value is -1.91. The van der Waals surface area contributed by atoms with Gasteiger partial charge in [0.05, 0.1) is 12.0 Å². The molecule has 1 aromatic heterocycles. The molecule has 2 unspecified atom stereocenters. The van der Waals surface area contributed by atoms with Gasteiger partial charge in [-0.3, -0.25) is 14.6 Å². The lowest BCUT2D eigenvalue weighted by atomic mass is 9.90. The van der Waals surface area contributed by atoms with Gasteiger partial charge < -0.3 is 10.0 Å². The second-order valence-electron chi connectivity index (χ2n) is 4.75. The van der Waals surface area contributed by atoms with Crippen LogP contribution in [0.15, 0.2) is 24.5 Å². The molecular formula is C14H18N2O3. The maximum absolute atomic E-state index is 12.1. The van der Waals surface area contributed by atoms with E-state index in [0.717, 1.165) is 5.56 Å². The number of hydrogen-bond acceptors (Lipinski definition) is 3. The summed E-state index contributed by atoms with van der Waals surface area (Å²) in [4.78, 5) is 29.3. The number of amides is 1. The Morgan fingerprint density at radius 2 is 2.37 bits per heavy atom. The molecule has 102 valence electrons. The van der Waals surface area contributed by atoms with Crippen molar-refractivity contribution < 1.29 is 14.7 Å². The van der Waals surface area contributed by atoms with Crippen LogP contribution in [-0.2, 0) is 9.59 Å². The Kier molecular flexibility index (Phi) is 4.14. The number of carbonyl (C=O) groups excluding carboxylic acids is 1. The van der Waals surface area contributed by atoms with Crippen molar-refractivity contribution in [2.45, 2.75) is 32.2 Å². The first-order valence-corrected chi connectivity index (χ1v) is 6.57. The van der Waals surface area contributed by atoms with E-state index in [-0.39, 0.29) is 5.91 Å². The highest BCUT2D eigenvalue weighted by atomic mass is 16.4. The number of aromatic nitrogens is 1. The zero-order valence-electron chi connectivity index (χ0n) is 11.0. The lowest BCUT2D eigenvalue weighted by Gasteiger charge is -2.32. The number of carboxylic acids is 1. The van der Waals surface area contributed by atoms with Crippen LogP contribution in [0.4, 0.5) is 0 Å². The molecule has 0 bridgehead atoms. The van der Waals surface area contributed by atoms with Crippen LogP contribution in [0.25, 0.3) is 0 Å². The van der Waals surface area contributed by atoms with Crippen LogP contribution in [0.2, 0.25) is 0 Å². The van der Waals surface area contributed by atoms with E-state index in [1.165, 1.54) is 0 Å². The van der Waals surface area contributed by atoms with Gasteiger partial charge in [-0.2, -0.15) is 0 Å². The second kappa shape index (κ2) is 5.82. The number of rotatable bonds is 3. The summed E-state index contributed by atoms with van der Waals surface area (Å²) in [6.07, 6.45) is 4.88. The van der Waals surface area contributed by atoms with Crippen LogP contribution in [0, 0.1) is 5.92 Å². The van der Waals surface area contributed by atoms with E-state index < -0.39 is 17.9 Å². The molecule has 1 fully saturated rings. The minimum Gasteiger partial charge on any atom is -0.481 e. The minimum absolute atomic E-state index is 0.0279. The molecule has 0 saturated carbocycles. The van der Waals surface area contributed by atoms with E-state index in [1.807, 2.05) is 13.0 Å². The highest BCUT2D eigenvalue weighted by Crippen LogP contribution is 2.35. The van der Waals surface area contributed by atoms with E-state index in [9.17, 15) is 14.7 Å². The molecule has 0 aliphatic carbocycles. The Morgan fingerprint density at radius 3 is 2.95 bits per heavy atom. The van der Waals surface area contributed by atoms with Crippen LogP contribution in [0.5, 0.6) is 0 Å². The van der Waals surface area contributed by atoms with Crippen molar-refractivity contribution in [3.8, 4) is 0 Å². The molecule has 2 rings (SSSR count). The minimum atomic E-state index is -0.845. The third-order valence-corrected chi connectivity index (χ3v) is 3.63. The molecule has 1 aliphatic heterocycles. The third-order valence-electron chi connectivity index (χ3n) is 3.63. The van der Waals surface area contributed by atoms with E-state index in [0.29, 0.717) is 25.8 Å². The molecule has 5 heteroatoms. The van der Waals surface area contributed by atoms with Gasteiger partial charge in [-0.15, -0.1) is 0 Å². The van der Waals surface area contributed by atoms with Crippen molar-refractivity contribution in [2.24, 2.45) is 5.92 Å². The normalized spacial score (nSPS) is 24.1. The maximum atomic E-state index is 12.1. The van der Waals surface area contributed by atoms with Crippen molar-refractivity contribution in [1.82, 2.24) is 9.88 Å². The average molecular weight is 262 g/mol. The molecule has 0 aromatic carbocycles. The highest BCUT2D eigenvalue weighted by molar-refractivity contribution is 5.79. The van der Waals surface area contributed by atoms with E-state index in [1.54, 1.807) is 23.4 Å². The highest BCUT2D eigenvalue weighted by Gasteiger charge is 2.37. The van der Waals surface area contributed by atoms with Crippen molar-refractivity contribution in [2.75, 3.05) is 6.54 Å². The van der Waals surface area contributed by atoms with Gasteiger partial charge in [0.15, 0.2) is 0 Å². The molecule has 19 heavy (non-hydrogen) atoms. The number of aliphatic carboxylic acids is 1. The third kappa shape index (κ3) is 2.75. The molecule has 1 saturated heterocycles. The van der Waals surface area contributed by atoms with Gasteiger partial charge >= 0.3 is 5.97 Å². The molecule has 1 N–H and O–H groups in total. The topological polar surface area (TPSA) is 70.5 Å². The zero-order valence-corrected chi connectivity index (χ0v) is 11.0. The van der Waals surface area contributed by atoms with Gasteiger partial charge in [-0.05, 0) is 31.4 Å². The van der Waals surface area contributed by atoms with Gasteiger partial charge in [-0.1, -0.05) is 6.07 Å². The molecule has 1 aromatic rings. The quantitative estimate of drug-likeness (QED) is 0.902. The van der Waals surface area contributed by atoms with Crippen LogP contribution >= 0.6 is 0 Å². The van der Waals surface area contributed by atoms with Gasteiger partial charge in [0.2, 0.25) is 5.91 Å². The molecular weight excluding hydrogens is 244 g/mol. The molecule has 1 amide bonds. The lowest BCUT2D eigenvalue weighted by molar-refractivity contribution is -0.146. The van der Waals surface area contributed by atoms with Gasteiger partial charge in [0.25, 0.3) is 0 Å². The van der Waals surface area contributed by atoms with Crippen molar-refractivity contribution >= 4 is 11.9 Å². The zero-order chi connectivity index (χ0) is 13.8. The summed E-state index contributed by atoms with van der Waals surface area (Å²) in [6, 6.07) is 3.21. The summed E-state index contributed by atoms with van der Waals surface area (Å²) in [7, 11) is 0. The van der Waals surface area contributed by atoms with E-state index in [2.05, 4.69) is 4.98 Å². The monoisotopic (exact) mass is 262 g/mol. The summed E-state index contributed by atoms with van der Waals surface area (Å²) >= 11 is 0. The standard InChI is InChI=1S/C14H18N2O3/c1-2-16-12(17)7-3-6-11(14(18)19)13(16)10-5-4-8-15-9-10/h4-5,8-9,11,13H,2-3,6-7H2,1H3,(H,18,19). The summed E-state index contributed by atoms with van der Waals surface area (Å²) in [6.45, 7) is 2.40. The van der Waals surface area contributed by atoms with E-state index in [4.69, 9.17) is 0 Å². The van der Waals surface area contributed by atoms with Crippen molar-refractivity contribution in [1.29, 1.82) is 0 Å². The fraction of sp³-hybridized carbons (Fsp3) is 0.500. The molecule has 2 heterocycles. The fourth-order valence-corrected chi connectivity index (χ4v) is 2.74. The Morgan fingerprint density at radius 1 is 1.58 bits per heavy atom. The first-order valence-electron chi connectivity index (χ1n) is 6.57. The Balaban J connectivity index is 2.44. The Bertz CT molecular complexity index is 459. The number of pyridine rings is 1. The number of carboxylic acid groups (broad SMARTS) is 1.